The van der Waals surface area contributed by atoms with Crippen molar-refractivity contribution in [2.75, 3.05) is 31.0 Å². The van der Waals surface area contributed by atoms with Crippen molar-refractivity contribution in [3.8, 4) is 17.2 Å². The van der Waals surface area contributed by atoms with Gasteiger partial charge in [0.1, 0.15) is 17.2 Å². The Morgan fingerprint density at radius 2 is 1.45 bits per heavy atom. The minimum absolute atomic E-state index is 0.246. The van der Waals surface area contributed by atoms with Gasteiger partial charge in [-0.25, -0.2) is 0 Å². The van der Waals surface area contributed by atoms with Gasteiger partial charge in [0.25, 0.3) is 11.8 Å². The number of hydrogen-bond donors (Lipinski definition) is 2. The normalized spacial score (nSPS) is 10.3. The molecule has 0 saturated carbocycles. The van der Waals surface area contributed by atoms with Crippen molar-refractivity contribution in [1.29, 1.82) is 0 Å². The first-order valence-corrected chi connectivity index (χ1v) is 10.7. The Balaban J connectivity index is 1.94. The van der Waals surface area contributed by atoms with Crippen LogP contribution in [0.4, 0.5) is 11.4 Å². The number of thiophene rings is 1. The molecule has 0 saturated heterocycles. The largest absolute Gasteiger partial charge is 0.496 e. The number of carbonyl (C=O) groups is 2. The summed E-state index contributed by atoms with van der Waals surface area (Å²) < 4.78 is 16.7. The molecule has 3 rings (SSSR count). The van der Waals surface area contributed by atoms with E-state index in [9.17, 15) is 9.59 Å². The Morgan fingerprint density at radius 1 is 0.839 bits per heavy atom. The van der Waals surface area contributed by atoms with Gasteiger partial charge in [-0.2, -0.15) is 0 Å². The SMILES string of the molecule is CCOc1cc(NC(=O)c2ccccc2OC)c(OCC)cc1NC(=O)c1cccs1. The Hall–Kier alpha value is -3.52. The van der Waals surface area contributed by atoms with Crippen LogP contribution >= 0.6 is 11.3 Å². The molecule has 0 aliphatic heterocycles. The lowest BCUT2D eigenvalue weighted by Crippen LogP contribution is -2.16. The molecular formula is C23H24N2O5S. The van der Waals surface area contributed by atoms with Gasteiger partial charge in [-0.1, -0.05) is 18.2 Å². The summed E-state index contributed by atoms with van der Waals surface area (Å²) in [5.41, 5.74) is 1.27. The Kier molecular flexibility index (Phi) is 7.50. The number of carbonyl (C=O) groups excluding carboxylic acids is 2. The number of amides is 2. The second-order valence-corrected chi connectivity index (χ2v) is 7.24. The molecule has 7 nitrogen and oxygen atoms in total. The highest BCUT2D eigenvalue weighted by Crippen LogP contribution is 2.38. The fraction of sp³-hybridized carbons (Fsp3) is 0.217. The van der Waals surface area contributed by atoms with Gasteiger partial charge in [0.15, 0.2) is 0 Å². The number of methoxy groups -OCH3 is 1. The summed E-state index contributed by atoms with van der Waals surface area (Å²) in [6, 6.07) is 13.8. The topological polar surface area (TPSA) is 85.9 Å². The molecule has 0 fully saturated rings. The first kappa shape index (κ1) is 22.2. The molecule has 3 aromatic rings. The van der Waals surface area contributed by atoms with Gasteiger partial charge >= 0.3 is 0 Å². The average molecular weight is 441 g/mol. The fourth-order valence-corrected chi connectivity index (χ4v) is 3.54. The van der Waals surface area contributed by atoms with Crippen molar-refractivity contribution < 1.29 is 23.8 Å². The number of anilines is 2. The van der Waals surface area contributed by atoms with Gasteiger partial charge in [-0.05, 0) is 37.4 Å². The molecule has 0 bridgehead atoms. The molecule has 0 aliphatic carbocycles. The summed E-state index contributed by atoms with van der Waals surface area (Å²) in [7, 11) is 1.51. The van der Waals surface area contributed by atoms with Crippen LogP contribution in [0.5, 0.6) is 17.2 Å². The molecule has 2 N–H and O–H groups in total. The van der Waals surface area contributed by atoms with Crippen molar-refractivity contribution >= 4 is 34.5 Å². The van der Waals surface area contributed by atoms with E-state index in [-0.39, 0.29) is 11.8 Å². The molecule has 2 amide bonds. The lowest BCUT2D eigenvalue weighted by molar-refractivity contribution is 0.101. The van der Waals surface area contributed by atoms with Crippen molar-refractivity contribution in [3.05, 3.63) is 64.4 Å². The lowest BCUT2D eigenvalue weighted by Gasteiger charge is -2.18. The van der Waals surface area contributed by atoms with E-state index in [0.717, 1.165) is 0 Å². The van der Waals surface area contributed by atoms with E-state index in [0.29, 0.717) is 52.3 Å². The molecule has 162 valence electrons. The minimum Gasteiger partial charge on any atom is -0.496 e. The second kappa shape index (κ2) is 10.5. The highest BCUT2D eigenvalue weighted by molar-refractivity contribution is 7.12. The molecule has 2 aromatic carbocycles. The van der Waals surface area contributed by atoms with Gasteiger partial charge in [-0.15, -0.1) is 11.3 Å². The summed E-state index contributed by atoms with van der Waals surface area (Å²) in [6.07, 6.45) is 0. The van der Waals surface area contributed by atoms with Gasteiger partial charge in [0.2, 0.25) is 0 Å². The maximum Gasteiger partial charge on any atom is 0.265 e. The standard InChI is InChI=1S/C23H24N2O5S/c1-4-29-19-14-17(25-23(27)21-11-8-12-31-21)20(30-5-2)13-16(19)24-22(26)15-9-6-7-10-18(15)28-3/h6-14H,4-5H2,1-3H3,(H,24,26)(H,25,27). The zero-order chi connectivity index (χ0) is 22.2. The fourth-order valence-electron chi connectivity index (χ4n) is 2.92. The van der Waals surface area contributed by atoms with Crippen LogP contribution in [0, 0.1) is 0 Å². The molecule has 8 heteroatoms. The number of benzene rings is 2. The first-order chi connectivity index (χ1) is 15.1. The number of nitrogens with one attached hydrogen (secondary N) is 2. The Morgan fingerprint density at radius 3 is 2.00 bits per heavy atom. The predicted octanol–water partition coefficient (Wildman–Crippen LogP) is 5.06. The van der Waals surface area contributed by atoms with Gasteiger partial charge in [0, 0.05) is 12.1 Å². The second-order valence-electron chi connectivity index (χ2n) is 6.30. The van der Waals surface area contributed by atoms with Crippen molar-refractivity contribution in [2.24, 2.45) is 0 Å². The number of ether oxygens (including phenoxy) is 3. The van der Waals surface area contributed by atoms with Crippen molar-refractivity contribution in [1.82, 2.24) is 0 Å². The Bertz CT molecular complexity index is 1050. The smallest absolute Gasteiger partial charge is 0.265 e. The molecule has 0 radical (unpaired) electrons. The number of para-hydroxylation sites is 1. The molecule has 1 aromatic heterocycles. The van der Waals surface area contributed by atoms with Gasteiger partial charge in [0.05, 0.1) is 42.1 Å². The maximum absolute atomic E-state index is 12.9. The van der Waals surface area contributed by atoms with Crippen LogP contribution in [0.15, 0.2) is 53.9 Å². The van der Waals surface area contributed by atoms with E-state index in [1.54, 1.807) is 42.5 Å². The van der Waals surface area contributed by atoms with E-state index in [4.69, 9.17) is 14.2 Å². The molecule has 0 atom stereocenters. The highest BCUT2D eigenvalue weighted by Gasteiger charge is 2.19. The summed E-state index contributed by atoms with van der Waals surface area (Å²) >= 11 is 1.34. The maximum atomic E-state index is 12.9. The van der Waals surface area contributed by atoms with E-state index in [1.165, 1.54) is 18.4 Å². The number of hydrogen-bond acceptors (Lipinski definition) is 6. The van der Waals surface area contributed by atoms with E-state index in [2.05, 4.69) is 10.6 Å². The quantitative estimate of drug-likeness (QED) is 0.486. The highest BCUT2D eigenvalue weighted by atomic mass is 32.1. The number of rotatable bonds is 9. The van der Waals surface area contributed by atoms with Crippen LogP contribution < -0.4 is 24.8 Å². The Labute approximate surface area is 185 Å². The predicted molar refractivity (Wildman–Crippen MR) is 122 cm³/mol. The average Bonchev–Trinajstić information content (AvgIpc) is 3.32. The summed E-state index contributed by atoms with van der Waals surface area (Å²) in [4.78, 5) is 26.0. The molecular weight excluding hydrogens is 416 g/mol. The van der Waals surface area contributed by atoms with Crippen molar-refractivity contribution in [3.63, 3.8) is 0 Å². The lowest BCUT2D eigenvalue weighted by atomic mass is 10.1. The molecule has 1 heterocycles. The van der Waals surface area contributed by atoms with Crippen LogP contribution in [0.3, 0.4) is 0 Å². The van der Waals surface area contributed by atoms with Crippen LogP contribution in [-0.4, -0.2) is 32.1 Å². The van der Waals surface area contributed by atoms with Crippen LogP contribution in [0.2, 0.25) is 0 Å². The monoisotopic (exact) mass is 440 g/mol. The third-order valence-electron chi connectivity index (χ3n) is 4.27. The molecule has 0 spiro atoms. The molecule has 0 aliphatic rings. The molecule has 0 unspecified atom stereocenters. The first-order valence-electron chi connectivity index (χ1n) is 9.80. The third kappa shape index (κ3) is 5.35. The van der Waals surface area contributed by atoms with Crippen molar-refractivity contribution in [2.45, 2.75) is 13.8 Å². The van der Waals surface area contributed by atoms with E-state index < -0.39 is 0 Å². The molecule has 31 heavy (non-hydrogen) atoms. The summed E-state index contributed by atoms with van der Waals surface area (Å²) in [5.74, 6) is 0.699. The van der Waals surface area contributed by atoms with Crippen LogP contribution in [0.1, 0.15) is 33.9 Å². The summed E-state index contributed by atoms with van der Waals surface area (Å²) in [5, 5.41) is 7.55. The zero-order valence-electron chi connectivity index (χ0n) is 17.6. The van der Waals surface area contributed by atoms with Gasteiger partial charge in [-0.3, -0.25) is 9.59 Å². The van der Waals surface area contributed by atoms with Gasteiger partial charge < -0.3 is 24.8 Å². The summed E-state index contributed by atoms with van der Waals surface area (Å²) in [6.45, 7) is 4.44. The zero-order valence-corrected chi connectivity index (χ0v) is 18.4. The van der Waals surface area contributed by atoms with Crippen LogP contribution in [-0.2, 0) is 0 Å². The van der Waals surface area contributed by atoms with E-state index >= 15 is 0 Å². The third-order valence-corrected chi connectivity index (χ3v) is 5.14. The minimum atomic E-state index is -0.351. The van der Waals surface area contributed by atoms with Crippen LogP contribution in [0.25, 0.3) is 0 Å². The van der Waals surface area contributed by atoms with E-state index in [1.807, 2.05) is 25.3 Å².